The highest BCUT2D eigenvalue weighted by Gasteiger charge is 2.10. The summed E-state index contributed by atoms with van der Waals surface area (Å²) in [6.45, 7) is 1.82. The van der Waals surface area contributed by atoms with Crippen molar-refractivity contribution >= 4 is 17.5 Å². The van der Waals surface area contributed by atoms with Crippen molar-refractivity contribution in [2.45, 2.75) is 32.7 Å². The highest BCUT2D eigenvalue weighted by atomic mass is 19.1. The molecule has 0 bridgehead atoms. The number of halogens is 1. The zero-order valence-electron chi connectivity index (χ0n) is 15.9. The largest absolute Gasteiger partial charge is 0.352 e. The van der Waals surface area contributed by atoms with Crippen LogP contribution in [0.5, 0.6) is 0 Å². The molecular weight excluding hydrogens is 375 g/mol. The summed E-state index contributed by atoms with van der Waals surface area (Å²) in [6, 6.07) is 13.1. The monoisotopic (exact) mass is 396 g/mol. The summed E-state index contributed by atoms with van der Waals surface area (Å²) >= 11 is 0. The molecule has 2 N–H and O–H groups in total. The minimum Gasteiger partial charge on any atom is -0.352 e. The number of carbonyl (C=O) groups is 2. The molecule has 7 nitrogen and oxygen atoms in total. The lowest BCUT2D eigenvalue weighted by atomic mass is 10.2. The normalized spacial score (nSPS) is 10.6. The summed E-state index contributed by atoms with van der Waals surface area (Å²) in [5, 5.41) is 9.44. The fraction of sp³-hybridized carbons (Fsp3) is 0.238. The van der Waals surface area contributed by atoms with E-state index in [9.17, 15) is 14.0 Å². The smallest absolute Gasteiger partial charge is 0.226 e. The number of aromatic nitrogens is 2. The van der Waals surface area contributed by atoms with E-state index in [1.54, 1.807) is 18.2 Å². The van der Waals surface area contributed by atoms with Gasteiger partial charge >= 0.3 is 0 Å². The van der Waals surface area contributed by atoms with Gasteiger partial charge in [0.1, 0.15) is 5.82 Å². The van der Waals surface area contributed by atoms with Crippen LogP contribution in [0, 0.1) is 5.82 Å². The molecule has 0 aliphatic heterocycles. The standard InChI is InChI=1S/C21H21FN4O3/c1-14(27)24-18-5-2-4-15(12-18)13-23-19(28)6-3-7-20-25-21(26-29-20)16-8-10-17(22)11-9-16/h2,4-5,8-12H,3,6-7,13H2,1H3,(H,23,28)(H,24,27). The average Bonchev–Trinajstić information content (AvgIpc) is 3.16. The predicted molar refractivity (Wildman–Crippen MR) is 105 cm³/mol. The lowest BCUT2D eigenvalue weighted by molar-refractivity contribution is -0.121. The van der Waals surface area contributed by atoms with Crippen LogP contribution in [0.25, 0.3) is 11.4 Å². The Kier molecular flexibility index (Phi) is 6.67. The molecule has 0 spiro atoms. The fourth-order valence-electron chi connectivity index (χ4n) is 2.72. The quantitative estimate of drug-likeness (QED) is 0.608. The number of hydrogen-bond donors (Lipinski definition) is 2. The third kappa shape index (κ3) is 6.24. The first-order chi connectivity index (χ1) is 14.0. The number of nitrogens with one attached hydrogen (secondary N) is 2. The molecule has 1 aromatic heterocycles. The Hall–Kier alpha value is -3.55. The van der Waals surface area contributed by atoms with Crippen LogP contribution in [-0.4, -0.2) is 22.0 Å². The second-order valence-corrected chi connectivity index (χ2v) is 6.53. The van der Waals surface area contributed by atoms with E-state index in [0.717, 1.165) is 5.56 Å². The van der Waals surface area contributed by atoms with Crippen molar-refractivity contribution in [2.24, 2.45) is 0 Å². The van der Waals surface area contributed by atoms with Gasteiger partial charge in [-0.2, -0.15) is 4.98 Å². The molecular formula is C21H21FN4O3. The van der Waals surface area contributed by atoms with Gasteiger partial charge in [-0.3, -0.25) is 9.59 Å². The lowest BCUT2D eigenvalue weighted by Gasteiger charge is -2.07. The summed E-state index contributed by atoms with van der Waals surface area (Å²) in [6.07, 6.45) is 1.35. The average molecular weight is 396 g/mol. The molecule has 3 rings (SSSR count). The highest BCUT2D eigenvalue weighted by Crippen LogP contribution is 2.17. The Morgan fingerprint density at radius 3 is 2.69 bits per heavy atom. The molecule has 3 aromatic rings. The van der Waals surface area contributed by atoms with E-state index in [1.807, 2.05) is 18.2 Å². The molecule has 29 heavy (non-hydrogen) atoms. The Balaban J connectivity index is 1.42. The lowest BCUT2D eigenvalue weighted by Crippen LogP contribution is -2.22. The maximum atomic E-state index is 13.0. The van der Waals surface area contributed by atoms with Crippen molar-refractivity contribution in [2.75, 3.05) is 5.32 Å². The number of carbonyl (C=O) groups excluding carboxylic acids is 2. The Morgan fingerprint density at radius 1 is 1.14 bits per heavy atom. The fourth-order valence-corrected chi connectivity index (χ4v) is 2.72. The SMILES string of the molecule is CC(=O)Nc1cccc(CNC(=O)CCCc2nc(-c3ccc(F)cc3)no2)c1. The first-order valence-electron chi connectivity index (χ1n) is 9.21. The minimum atomic E-state index is -0.328. The van der Waals surface area contributed by atoms with Crippen molar-refractivity contribution < 1.29 is 18.5 Å². The number of aryl methyl sites for hydroxylation is 1. The summed E-state index contributed by atoms with van der Waals surface area (Å²) in [5.74, 6) is 0.261. The van der Waals surface area contributed by atoms with E-state index >= 15 is 0 Å². The predicted octanol–water partition coefficient (Wildman–Crippen LogP) is 3.47. The van der Waals surface area contributed by atoms with Crippen LogP contribution in [0.2, 0.25) is 0 Å². The van der Waals surface area contributed by atoms with E-state index in [0.29, 0.717) is 48.8 Å². The van der Waals surface area contributed by atoms with Gasteiger partial charge in [0.15, 0.2) is 0 Å². The van der Waals surface area contributed by atoms with Crippen LogP contribution in [0.4, 0.5) is 10.1 Å². The van der Waals surface area contributed by atoms with Gasteiger partial charge < -0.3 is 15.2 Å². The Labute approximate surface area is 167 Å². The highest BCUT2D eigenvalue weighted by molar-refractivity contribution is 5.88. The van der Waals surface area contributed by atoms with E-state index in [1.165, 1.54) is 19.1 Å². The molecule has 0 aliphatic rings. The van der Waals surface area contributed by atoms with Crippen molar-refractivity contribution in [1.82, 2.24) is 15.5 Å². The third-order valence-corrected chi connectivity index (χ3v) is 4.10. The number of nitrogens with zero attached hydrogens (tertiary/aromatic N) is 2. The van der Waals surface area contributed by atoms with Crippen LogP contribution in [0.15, 0.2) is 53.1 Å². The number of rotatable bonds is 8. The molecule has 0 unspecified atom stereocenters. The molecule has 150 valence electrons. The van der Waals surface area contributed by atoms with Crippen LogP contribution < -0.4 is 10.6 Å². The van der Waals surface area contributed by atoms with Crippen molar-refractivity contribution in [1.29, 1.82) is 0 Å². The van der Waals surface area contributed by atoms with E-state index in [2.05, 4.69) is 20.8 Å². The zero-order chi connectivity index (χ0) is 20.6. The van der Waals surface area contributed by atoms with Crippen molar-refractivity contribution in [3.05, 3.63) is 65.8 Å². The zero-order valence-corrected chi connectivity index (χ0v) is 15.9. The van der Waals surface area contributed by atoms with Crippen LogP contribution in [-0.2, 0) is 22.6 Å². The molecule has 1 heterocycles. The third-order valence-electron chi connectivity index (χ3n) is 4.10. The van der Waals surface area contributed by atoms with Gasteiger partial charge in [-0.1, -0.05) is 17.3 Å². The maximum Gasteiger partial charge on any atom is 0.226 e. The van der Waals surface area contributed by atoms with E-state index in [-0.39, 0.29) is 17.6 Å². The van der Waals surface area contributed by atoms with Crippen molar-refractivity contribution in [3.63, 3.8) is 0 Å². The minimum absolute atomic E-state index is 0.0896. The van der Waals surface area contributed by atoms with Gasteiger partial charge in [0.05, 0.1) is 0 Å². The number of hydrogen-bond acceptors (Lipinski definition) is 5. The summed E-state index contributed by atoms with van der Waals surface area (Å²) in [4.78, 5) is 27.4. The molecule has 0 saturated heterocycles. The van der Waals surface area contributed by atoms with Crippen LogP contribution >= 0.6 is 0 Å². The second-order valence-electron chi connectivity index (χ2n) is 6.53. The van der Waals surface area contributed by atoms with Crippen molar-refractivity contribution in [3.8, 4) is 11.4 Å². The van der Waals surface area contributed by atoms with Crippen LogP contribution in [0.1, 0.15) is 31.2 Å². The van der Waals surface area contributed by atoms with Gasteiger partial charge in [-0.05, 0) is 48.4 Å². The van der Waals surface area contributed by atoms with Gasteiger partial charge in [0, 0.05) is 37.6 Å². The molecule has 0 radical (unpaired) electrons. The first kappa shape index (κ1) is 20.2. The summed E-state index contributed by atoms with van der Waals surface area (Å²) < 4.78 is 18.2. The molecule has 2 aromatic carbocycles. The molecule has 8 heteroatoms. The topological polar surface area (TPSA) is 97.1 Å². The Bertz CT molecular complexity index is 986. The van der Waals surface area contributed by atoms with Crippen LogP contribution in [0.3, 0.4) is 0 Å². The summed E-state index contributed by atoms with van der Waals surface area (Å²) in [7, 11) is 0. The number of benzene rings is 2. The maximum absolute atomic E-state index is 13.0. The Morgan fingerprint density at radius 2 is 1.93 bits per heavy atom. The second kappa shape index (κ2) is 9.59. The first-order valence-corrected chi connectivity index (χ1v) is 9.21. The number of anilines is 1. The molecule has 2 amide bonds. The molecule has 0 atom stereocenters. The van der Waals surface area contributed by atoms with Gasteiger partial charge in [0.25, 0.3) is 0 Å². The van der Waals surface area contributed by atoms with Gasteiger partial charge in [-0.15, -0.1) is 0 Å². The molecule has 0 fully saturated rings. The van der Waals surface area contributed by atoms with E-state index in [4.69, 9.17) is 4.52 Å². The molecule has 0 saturated carbocycles. The van der Waals surface area contributed by atoms with Gasteiger partial charge in [-0.25, -0.2) is 4.39 Å². The van der Waals surface area contributed by atoms with E-state index < -0.39 is 0 Å². The number of amides is 2. The summed E-state index contributed by atoms with van der Waals surface area (Å²) in [5.41, 5.74) is 2.25. The van der Waals surface area contributed by atoms with Gasteiger partial charge in [0.2, 0.25) is 23.5 Å². The molecule has 0 aliphatic carbocycles.